The van der Waals surface area contributed by atoms with Crippen LogP contribution in [-0.2, 0) is 4.79 Å². The summed E-state index contributed by atoms with van der Waals surface area (Å²) in [5.74, 6) is 2.02. The van der Waals surface area contributed by atoms with E-state index < -0.39 is 0 Å². The largest absolute Gasteiger partial charge is 0.492 e. The van der Waals surface area contributed by atoms with Crippen molar-refractivity contribution in [2.75, 3.05) is 19.7 Å². The predicted molar refractivity (Wildman–Crippen MR) is 90.7 cm³/mol. The number of carbonyl (C=O) groups excluding carboxylic acids is 1. The number of nitrogens with zero attached hydrogens (tertiary/aromatic N) is 1. The van der Waals surface area contributed by atoms with E-state index >= 15 is 0 Å². The zero-order valence-corrected chi connectivity index (χ0v) is 14.7. The molecule has 2 atom stereocenters. The molecule has 1 amide bonds. The third-order valence-electron chi connectivity index (χ3n) is 3.91. The minimum Gasteiger partial charge on any atom is -0.492 e. The molecule has 0 aliphatic carbocycles. The number of benzene rings is 1. The van der Waals surface area contributed by atoms with Crippen LogP contribution >= 0.6 is 23.2 Å². The summed E-state index contributed by atoms with van der Waals surface area (Å²) in [6, 6.07) is 5.14. The molecule has 1 fully saturated rings. The molecule has 3 nitrogen and oxygen atoms in total. The van der Waals surface area contributed by atoms with E-state index in [1.165, 1.54) is 6.42 Å². The van der Waals surface area contributed by atoms with Crippen molar-refractivity contribution in [1.82, 2.24) is 4.90 Å². The smallest absolute Gasteiger partial charge is 0.222 e. The van der Waals surface area contributed by atoms with Crippen molar-refractivity contribution in [3.05, 3.63) is 28.2 Å². The molecular formula is C17H23Cl2NO2. The lowest BCUT2D eigenvalue weighted by atomic mass is 9.91. The van der Waals surface area contributed by atoms with Gasteiger partial charge in [-0.25, -0.2) is 0 Å². The monoisotopic (exact) mass is 343 g/mol. The van der Waals surface area contributed by atoms with Gasteiger partial charge in [-0.2, -0.15) is 0 Å². The summed E-state index contributed by atoms with van der Waals surface area (Å²) in [5.41, 5.74) is 0. The van der Waals surface area contributed by atoms with E-state index in [1.807, 2.05) is 4.90 Å². The van der Waals surface area contributed by atoms with Gasteiger partial charge in [0.15, 0.2) is 0 Å². The molecule has 0 aromatic heterocycles. The number of amides is 1. The van der Waals surface area contributed by atoms with Crippen molar-refractivity contribution in [3.63, 3.8) is 0 Å². The van der Waals surface area contributed by atoms with Gasteiger partial charge < -0.3 is 9.64 Å². The fourth-order valence-corrected chi connectivity index (χ4v) is 3.49. The summed E-state index contributed by atoms with van der Waals surface area (Å²) in [5, 5.41) is 1.08. The average molecular weight is 344 g/mol. The van der Waals surface area contributed by atoms with Crippen molar-refractivity contribution in [2.24, 2.45) is 11.8 Å². The van der Waals surface area contributed by atoms with Crippen molar-refractivity contribution in [3.8, 4) is 5.75 Å². The first-order chi connectivity index (χ1) is 10.5. The van der Waals surface area contributed by atoms with Crippen LogP contribution in [0.1, 0.15) is 33.1 Å². The summed E-state index contributed by atoms with van der Waals surface area (Å²) in [6.45, 7) is 6.66. The minimum absolute atomic E-state index is 0.226. The van der Waals surface area contributed by atoms with E-state index in [0.717, 1.165) is 13.1 Å². The number of carbonyl (C=O) groups is 1. The Morgan fingerprint density at radius 2 is 1.95 bits per heavy atom. The van der Waals surface area contributed by atoms with Crippen LogP contribution in [0.25, 0.3) is 0 Å². The maximum atomic E-state index is 12.2. The molecule has 1 aromatic rings. The van der Waals surface area contributed by atoms with Crippen LogP contribution < -0.4 is 4.74 Å². The molecule has 22 heavy (non-hydrogen) atoms. The zero-order chi connectivity index (χ0) is 16.1. The molecule has 2 rings (SSSR count). The number of ether oxygens (including phenoxy) is 1. The first-order valence-electron chi connectivity index (χ1n) is 7.81. The van der Waals surface area contributed by atoms with E-state index in [9.17, 15) is 4.79 Å². The summed E-state index contributed by atoms with van der Waals surface area (Å²) >= 11 is 11.9. The van der Waals surface area contributed by atoms with Crippen LogP contribution in [0.4, 0.5) is 0 Å². The van der Waals surface area contributed by atoms with Gasteiger partial charge >= 0.3 is 0 Å². The second-order valence-electron chi connectivity index (χ2n) is 6.27. The number of likely N-dealkylation sites (tertiary alicyclic amines) is 1. The third kappa shape index (κ3) is 5.06. The Labute approximate surface area is 142 Å². The molecule has 1 aromatic carbocycles. The Bertz CT molecular complexity index is 511. The first kappa shape index (κ1) is 17.4. The molecule has 0 spiro atoms. The van der Waals surface area contributed by atoms with Crippen molar-refractivity contribution >= 4 is 29.1 Å². The third-order valence-corrected chi connectivity index (χ3v) is 4.44. The summed E-state index contributed by atoms with van der Waals surface area (Å²) in [6.07, 6.45) is 2.42. The highest BCUT2D eigenvalue weighted by molar-refractivity contribution is 6.35. The number of piperidine rings is 1. The highest BCUT2D eigenvalue weighted by Gasteiger charge is 2.24. The van der Waals surface area contributed by atoms with Gasteiger partial charge in [-0.05, 0) is 42.9 Å². The van der Waals surface area contributed by atoms with E-state index in [0.29, 0.717) is 47.1 Å². The lowest BCUT2D eigenvalue weighted by Crippen LogP contribution is -2.42. The Kier molecular flexibility index (Phi) is 6.39. The normalized spacial score (nSPS) is 21.7. The summed E-state index contributed by atoms with van der Waals surface area (Å²) in [4.78, 5) is 14.2. The molecule has 0 saturated carbocycles. The first-order valence-corrected chi connectivity index (χ1v) is 8.57. The van der Waals surface area contributed by atoms with E-state index in [-0.39, 0.29) is 5.91 Å². The van der Waals surface area contributed by atoms with Crippen LogP contribution in [-0.4, -0.2) is 30.5 Å². The van der Waals surface area contributed by atoms with Gasteiger partial charge in [0.2, 0.25) is 5.91 Å². The van der Waals surface area contributed by atoms with Gasteiger partial charge in [0.1, 0.15) is 5.75 Å². The number of hydrogen-bond donors (Lipinski definition) is 0. The van der Waals surface area contributed by atoms with Crippen LogP contribution in [0.2, 0.25) is 10.0 Å². The lowest BCUT2D eigenvalue weighted by molar-refractivity contribution is -0.134. The minimum atomic E-state index is 0.226. The molecule has 0 bridgehead atoms. The Hall–Kier alpha value is -0.930. The highest BCUT2D eigenvalue weighted by atomic mass is 35.5. The summed E-state index contributed by atoms with van der Waals surface area (Å²) < 4.78 is 5.61. The average Bonchev–Trinajstić information content (AvgIpc) is 2.44. The van der Waals surface area contributed by atoms with Crippen LogP contribution in [0.3, 0.4) is 0 Å². The zero-order valence-electron chi connectivity index (χ0n) is 13.1. The fraction of sp³-hybridized carbons (Fsp3) is 0.588. The van der Waals surface area contributed by atoms with E-state index in [4.69, 9.17) is 27.9 Å². The topological polar surface area (TPSA) is 29.5 Å². The molecule has 0 N–H and O–H groups in total. The van der Waals surface area contributed by atoms with Gasteiger partial charge in [-0.3, -0.25) is 4.79 Å². The molecular weight excluding hydrogens is 321 g/mol. The second-order valence-corrected chi connectivity index (χ2v) is 7.12. The van der Waals surface area contributed by atoms with Gasteiger partial charge in [0.05, 0.1) is 11.6 Å². The molecule has 1 aliphatic rings. The van der Waals surface area contributed by atoms with E-state index in [2.05, 4.69) is 13.8 Å². The maximum absolute atomic E-state index is 12.2. The predicted octanol–water partition coefficient (Wildman–Crippen LogP) is 4.66. The highest BCUT2D eigenvalue weighted by Crippen LogP contribution is 2.27. The van der Waals surface area contributed by atoms with Crippen molar-refractivity contribution in [2.45, 2.75) is 33.1 Å². The molecule has 122 valence electrons. The van der Waals surface area contributed by atoms with Crippen LogP contribution in [0.15, 0.2) is 18.2 Å². The number of hydrogen-bond acceptors (Lipinski definition) is 2. The molecule has 0 radical (unpaired) electrons. The quantitative estimate of drug-likeness (QED) is 0.727. The standard InChI is InChI=1S/C17H23Cl2NO2/c1-12-8-13(2)11-20(10-12)17(21)4-3-7-22-16-6-5-14(18)9-15(16)19/h5-6,9,12-13H,3-4,7-8,10-11H2,1-2H3/t12-,13-/m0/s1. The Morgan fingerprint density at radius 1 is 1.27 bits per heavy atom. The molecule has 1 aliphatic heterocycles. The van der Waals surface area contributed by atoms with Gasteiger partial charge in [0.25, 0.3) is 0 Å². The molecule has 0 unspecified atom stereocenters. The van der Waals surface area contributed by atoms with Crippen LogP contribution in [0.5, 0.6) is 5.75 Å². The maximum Gasteiger partial charge on any atom is 0.222 e. The Balaban J connectivity index is 1.73. The number of rotatable bonds is 5. The molecule has 1 heterocycles. The van der Waals surface area contributed by atoms with Gasteiger partial charge in [-0.1, -0.05) is 37.0 Å². The van der Waals surface area contributed by atoms with Gasteiger partial charge in [-0.15, -0.1) is 0 Å². The fourth-order valence-electron chi connectivity index (χ4n) is 3.02. The van der Waals surface area contributed by atoms with Crippen molar-refractivity contribution in [1.29, 1.82) is 0 Å². The molecule has 1 saturated heterocycles. The molecule has 5 heteroatoms. The van der Waals surface area contributed by atoms with Crippen LogP contribution in [0, 0.1) is 11.8 Å². The number of halogens is 2. The van der Waals surface area contributed by atoms with Crippen molar-refractivity contribution < 1.29 is 9.53 Å². The van der Waals surface area contributed by atoms with Gasteiger partial charge in [0, 0.05) is 24.5 Å². The van der Waals surface area contributed by atoms with E-state index in [1.54, 1.807) is 18.2 Å². The Morgan fingerprint density at radius 3 is 2.59 bits per heavy atom. The summed E-state index contributed by atoms with van der Waals surface area (Å²) in [7, 11) is 0. The second kappa shape index (κ2) is 8.07. The SMILES string of the molecule is C[C@H]1C[C@H](C)CN(C(=O)CCCOc2ccc(Cl)cc2Cl)C1. The lowest BCUT2D eigenvalue weighted by Gasteiger charge is -2.35.